The van der Waals surface area contributed by atoms with Crippen molar-refractivity contribution < 1.29 is 23.2 Å². The van der Waals surface area contributed by atoms with Crippen LogP contribution in [-0.2, 0) is 21.4 Å². The van der Waals surface area contributed by atoms with Crippen molar-refractivity contribution in [3.63, 3.8) is 0 Å². The highest BCUT2D eigenvalue weighted by atomic mass is 16.5. The zero-order chi connectivity index (χ0) is 32.5. The smallest absolute Gasteiger partial charge is 0.249 e. The molecule has 3 aliphatic rings. The van der Waals surface area contributed by atoms with E-state index in [0.29, 0.717) is 54.0 Å². The number of benzene rings is 2. The van der Waals surface area contributed by atoms with Crippen molar-refractivity contribution in [2.45, 2.75) is 91.5 Å². The number of anilines is 1. The van der Waals surface area contributed by atoms with E-state index in [0.717, 1.165) is 28.1 Å². The van der Waals surface area contributed by atoms with E-state index in [1.807, 2.05) is 78.8 Å². The third kappa shape index (κ3) is 4.36. The van der Waals surface area contributed by atoms with Gasteiger partial charge in [-0.25, -0.2) is 9.97 Å². The van der Waals surface area contributed by atoms with E-state index in [1.54, 1.807) is 0 Å². The van der Waals surface area contributed by atoms with Crippen molar-refractivity contribution >= 4 is 17.5 Å². The summed E-state index contributed by atoms with van der Waals surface area (Å²) in [5, 5.41) is 9.89. The van der Waals surface area contributed by atoms with Gasteiger partial charge in [-0.1, -0.05) is 65.0 Å². The minimum atomic E-state index is -0.939. The summed E-state index contributed by atoms with van der Waals surface area (Å²) in [4.78, 5) is 37.5. The van der Waals surface area contributed by atoms with Crippen molar-refractivity contribution in [3.05, 3.63) is 82.3 Å². The van der Waals surface area contributed by atoms with Crippen LogP contribution in [0.15, 0.2) is 51.3 Å². The van der Waals surface area contributed by atoms with E-state index >= 15 is 0 Å². The standard InChI is InChI=1S/C36H41N5O5/c1-8-35(7,9-2)33(43)38-25-17-21-14-15-26-23(16-21)36(22-12-10-11-13-24(22)39-34(36)45-26)29-28(32-37-19(5)20(6)44-32)41-31(46-29)27(18(3)4)40-30(25)42/h10-16,18,25,27,34,39H,8-9,17H2,1-7H3,(H,38,43)(H,40,42)/t25-,27-,34?,36?/m0/s1. The molecular formula is C36H41N5O5. The van der Waals surface area contributed by atoms with Gasteiger partial charge in [0.25, 0.3) is 0 Å². The second-order valence-corrected chi connectivity index (χ2v) is 13.4. The average molecular weight is 624 g/mol. The molecule has 4 aromatic rings. The molecule has 4 atom stereocenters. The zero-order valence-corrected chi connectivity index (χ0v) is 27.4. The minimum absolute atomic E-state index is 0.0947. The second kappa shape index (κ2) is 10.7. The van der Waals surface area contributed by atoms with Crippen LogP contribution in [0.5, 0.6) is 5.75 Å². The Kier molecular flexibility index (Phi) is 7.02. The van der Waals surface area contributed by atoms with Gasteiger partial charge in [0.05, 0.1) is 5.69 Å². The molecule has 2 aromatic carbocycles. The zero-order valence-electron chi connectivity index (χ0n) is 27.4. The van der Waals surface area contributed by atoms with Gasteiger partial charge in [0.2, 0.25) is 23.6 Å². The number of oxazole rings is 2. The van der Waals surface area contributed by atoms with Crippen LogP contribution in [0.3, 0.4) is 0 Å². The number of aromatic nitrogens is 2. The first-order chi connectivity index (χ1) is 22.0. The fourth-order valence-corrected chi connectivity index (χ4v) is 6.93. The lowest BCUT2D eigenvalue weighted by molar-refractivity contribution is -0.135. The van der Waals surface area contributed by atoms with Crippen LogP contribution in [0, 0.1) is 25.2 Å². The number of nitrogens with zero attached hydrogens (tertiary/aromatic N) is 2. The summed E-state index contributed by atoms with van der Waals surface area (Å²) in [6.07, 6.45) is 1.08. The molecule has 0 aliphatic carbocycles. The van der Waals surface area contributed by atoms with E-state index < -0.39 is 29.1 Å². The number of amides is 2. The highest BCUT2D eigenvalue weighted by Crippen LogP contribution is 2.59. The first-order valence-corrected chi connectivity index (χ1v) is 16.2. The summed E-state index contributed by atoms with van der Waals surface area (Å²) < 4.78 is 19.7. The third-order valence-corrected chi connectivity index (χ3v) is 10.4. The van der Waals surface area contributed by atoms with Crippen molar-refractivity contribution in [3.8, 4) is 17.3 Å². The number of carbonyl (C=O) groups is 2. The molecule has 10 heteroatoms. The monoisotopic (exact) mass is 623 g/mol. The molecule has 3 aliphatic heterocycles. The number of fused-ring (bicyclic) bond motifs is 4. The molecule has 46 heavy (non-hydrogen) atoms. The Labute approximate surface area is 268 Å². The maximum atomic E-state index is 14.1. The van der Waals surface area contributed by atoms with Crippen molar-refractivity contribution in [1.29, 1.82) is 0 Å². The molecule has 10 nitrogen and oxygen atoms in total. The Balaban J connectivity index is 1.48. The minimum Gasteiger partial charge on any atom is -0.469 e. The van der Waals surface area contributed by atoms with Crippen molar-refractivity contribution in [2.24, 2.45) is 11.3 Å². The number of nitrogens with one attached hydrogen (secondary N) is 3. The Bertz CT molecular complexity index is 1830. The quantitative estimate of drug-likeness (QED) is 0.235. The van der Waals surface area contributed by atoms with Crippen LogP contribution in [0.4, 0.5) is 5.69 Å². The van der Waals surface area contributed by atoms with E-state index in [4.69, 9.17) is 23.5 Å². The maximum absolute atomic E-state index is 14.1. The van der Waals surface area contributed by atoms with Crippen LogP contribution in [-0.4, -0.2) is 34.1 Å². The van der Waals surface area contributed by atoms with E-state index in [1.165, 1.54) is 0 Å². The Morgan fingerprint density at radius 2 is 1.83 bits per heavy atom. The van der Waals surface area contributed by atoms with Crippen LogP contribution in [0.25, 0.3) is 11.6 Å². The lowest BCUT2D eigenvalue weighted by Gasteiger charge is -2.30. The highest BCUT2D eigenvalue weighted by molar-refractivity contribution is 5.90. The third-order valence-electron chi connectivity index (χ3n) is 10.4. The summed E-state index contributed by atoms with van der Waals surface area (Å²) >= 11 is 0. The molecule has 2 unspecified atom stereocenters. The summed E-state index contributed by atoms with van der Waals surface area (Å²) in [6, 6.07) is 12.7. The summed E-state index contributed by atoms with van der Waals surface area (Å²) in [5.41, 5.74) is 3.36. The topological polar surface area (TPSA) is 132 Å². The van der Waals surface area contributed by atoms with E-state index in [9.17, 15) is 9.59 Å². The molecule has 4 bridgehead atoms. The Hall–Kier alpha value is -4.60. The molecule has 2 amide bonds. The van der Waals surface area contributed by atoms with Gasteiger partial charge in [-0.2, -0.15) is 0 Å². The highest BCUT2D eigenvalue weighted by Gasteiger charge is 2.61. The lowest BCUT2D eigenvalue weighted by atomic mass is 9.72. The number of para-hydroxylation sites is 1. The SMILES string of the molecule is CCC(C)(CC)C(=O)N[C@H]1Cc2ccc3c(c2)C2(c4ccccc4NC2O3)c2oc(nc2-c2nc(C)c(C)o2)[C@H](C(C)C)NC1=O. The molecule has 3 N–H and O–H groups in total. The van der Waals surface area contributed by atoms with Gasteiger partial charge in [-0.15, -0.1) is 0 Å². The van der Waals surface area contributed by atoms with Crippen LogP contribution in [0.2, 0.25) is 0 Å². The number of aryl methyl sites for hydroxylation is 2. The molecule has 5 heterocycles. The van der Waals surface area contributed by atoms with Crippen LogP contribution >= 0.6 is 0 Å². The lowest BCUT2D eigenvalue weighted by Crippen LogP contribution is -2.52. The second-order valence-electron chi connectivity index (χ2n) is 13.4. The van der Waals surface area contributed by atoms with E-state index in [-0.39, 0.29) is 17.7 Å². The first kappa shape index (κ1) is 30.1. The molecule has 0 saturated heterocycles. The van der Waals surface area contributed by atoms with Gasteiger partial charge >= 0.3 is 0 Å². The maximum Gasteiger partial charge on any atom is 0.249 e. The number of ether oxygens (including phenoxy) is 1. The molecule has 1 spiro atoms. The molecule has 240 valence electrons. The average Bonchev–Trinajstić information content (AvgIpc) is 3.78. The van der Waals surface area contributed by atoms with Gasteiger partial charge in [-0.3, -0.25) is 9.59 Å². The molecular weight excluding hydrogens is 582 g/mol. The molecule has 7 rings (SSSR count). The largest absolute Gasteiger partial charge is 0.469 e. The van der Waals surface area contributed by atoms with Gasteiger partial charge in [0, 0.05) is 23.1 Å². The van der Waals surface area contributed by atoms with Gasteiger partial charge < -0.3 is 29.5 Å². The molecule has 0 fully saturated rings. The predicted octanol–water partition coefficient (Wildman–Crippen LogP) is 6.11. The normalized spacial score (nSPS) is 23.0. The van der Waals surface area contributed by atoms with Gasteiger partial charge in [0.1, 0.15) is 29.0 Å². The molecule has 0 saturated carbocycles. The Morgan fingerprint density at radius 3 is 2.52 bits per heavy atom. The first-order valence-electron chi connectivity index (χ1n) is 16.2. The van der Waals surface area contributed by atoms with E-state index in [2.05, 4.69) is 28.1 Å². The molecule has 0 radical (unpaired) electrons. The van der Waals surface area contributed by atoms with Gasteiger partial charge in [-0.05, 0) is 55.9 Å². The number of hydrogen-bond donors (Lipinski definition) is 3. The number of hydrogen-bond acceptors (Lipinski definition) is 8. The fourth-order valence-electron chi connectivity index (χ4n) is 6.93. The fraction of sp³-hybridized carbons (Fsp3) is 0.444. The number of carbonyl (C=O) groups excluding carboxylic acids is 2. The van der Waals surface area contributed by atoms with Crippen molar-refractivity contribution in [2.75, 3.05) is 5.32 Å². The summed E-state index contributed by atoms with van der Waals surface area (Å²) in [7, 11) is 0. The summed E-state index contributed by atoms with van der Waals surface area (Å²) in [5.74, 6) is 2.06. The van der Waals surface area contributed by atoms with Crippen LogP contribution in [0.1, 0.15) is 93.3 Å². The predicted molar refractivity (Wildman–Crippen MR) is 172 cm³/mol. The Morgan fingerprint density at radius 1 is 1.07 bits per heavy atom. The molecule has 2 aromatic heterocycles. The van der Waals surface area contributed by atoms with Crippen LogP contribution < -0.4 is 20.7 Å². The van der Waals surface area contributed by atoms with Crippen molar-refractivity contribution in [1.82, 2.24) is 20.6 Å². The number of rotatable bonds is 6. The summed E-state index contributed by atoms with van der Waals surface area (Å²) in [6.45, 7) is 13.7. The van der Waals surface area contributed by atoms with Gasteiger partial charge in [0.15, 0.2) is 17.7 Å².